The predicted molar refractivity (Wildman–Crippen MR) is 368 cm³/mol. The van der Waals surface area contributed by atoms with E-state index in [2.05, 4.69) is 342 Å². The van der Waals surface area contributed by atoms with E-state index in [4.69, 9.17) is 0 Å². The molecule has 0 saturated heterocycles. The maximum absolute atomic E-state index is 2.66. The van der Waals surface area contributed by atoms with E-state index < -0.39 is 0 Å². The van der Waals surface area contributed by atoms with Gasteiger partial charge in [-0.05, 0) is 174 Å². The standard InChI is InChI=1S/C80H81BN4/c1-76(2,3)53-30-36-59(37-31-53)82(61-40-42-64-63-28-22-23-29-68(63)83(71(64)50-61)58-26-20-17-21-27-58)62-41-43-66-72(51-62)85(69-44-34-55(78(7,8)9)46-65(69)52-24-18-16-19-25-52)74-49-57(80(13,14)15)48-73-75(74)81(66)67-47-56(79(10,11)12)35-45-70(67)84(73)60-38-32-54(33-39-60)77(4,5)6/h16-51H,1-15H3. The lowest BCUT2D eigenvalue weighted by molar-refractivity contribution is 0.589. The average molecular weight is 1110 g/mol. The van der Waals surface area contributed by atoms with Gasteiger partial charge in [0.05, 0.1) is 16.7 Å². The fourth-order valence-corrected chi connectivity index (χ4v) is 13.2. The largest absolute Gasteiger partial charge is 0.311 e. The maximum Gasteiger partial charge on any atom is 0.252 e. The first-order valence-corrected chi connectivity index (χ1v) is 30.7. The Morgan fingerprint density at radius 2 is 0.800 bits per heavy atom. The lowest BCUT2D eigenvalue weighted by Gasteiger charge is -2.46. The lowest BCUT2D eigenvalue weighted by Crippen LogP contribution is -2.61. The zero-order valence-corrected chi connectivity index (χ0v) is 52.7. The minimum absolute atomic E-state index is 0.0127. The highest BCUT2D eigenvalue weighted by Crippen LogP contribution is 2.51. The summed E-state index contributed by atoms with van der Waals surface area (Å²) in [5.74, 6) is 0. The minimum atomic E-state index is -0.192. The van der Waals surface area contributed by atoms with Crippen LogP contribution in [0.5, 0.6) is 0 Å². The Balaban J connectivity index is 1.14. The first-order valence-electron chi connectivity index (χ1n) is 30.7. The molecule has 4 nitrogen and oxygen atoms in total. The third-order valence-electron chi connectivity index (χ3n) is 18.1. The summed E-state index contributed by atoms with van der Waals surface area (Å²) in [4.78, 5) is 7.75. The normalized spacial score (nSPS) is 13.5. The van der Waals surface area contributed by atoms with Crippen LogP contribution in [0.2, 0.25) is 0 Å². The van der Waals surface area contributed by atoms with Gasteiger partial charge in [0, 0.05) is 67.5 Å². The third kappa shape index (κ3) is 9.74. The van der Waals surface area contributed by atoms with Crippen LogP contribution in [0.3, 0.4) is 0 Å². The fraction of sp³-hybridized carbons (Fsp3) is 0.250. The molecule has 10 aromatic carbocycles. The second kappa shape index (κ2) is 20.1. The van der Waals surface area contributed by atoms with Gasteiger partial charge in [0.25, 0.3) is 6.71 Å². The summed E-state index contributed by atoms with van der Waals surface area (Å²) in [6.07, 6.45) is 0. The monoisotopic (exact) mass is 1110 g/mol. The Kier molecular flexibility index (Phi) is 13.1. The van der Waals surface area contributed by atoms with Gasteiger partial charge in [-0.3, -0.25) is 0 Å². The molecule has 0 atom stereocenters. The summed E-state index contributed by atoms with van der Waals surface area (Å²) >= 11 is 0. The number of benzene rings is 10. The number of fused-ring (bicyclic) bond motifs is 7. The summed E-state index contributed by atoms with van der Waals surface area (Å²) in [6, 6.07) is 83.7. The minimum Gasteiger partial charge on any atom is -0.311 e. The van der Waals surface area contributed by atoms with E-state index in [9.17, 15) is 0 Å². The van der Waals surface area contributed by atoms with Crippen molar-refractivity contribution >= 4 is 96.1 Å². The molecule has 0 unspecified atom stereocenters. The summed E-state index contributed by atoms with van der Waals surface area (Å²) < 4.78 is 2.44. The number of nitrogens with zero attached hydrogens (tertiary/aromatic N) is 4. The van der Waals surface area contributed by atoms with E-state index in [1.165, 1.54) is 94.4 Å². The van der Waals surface area contributed by atoms with Crippen molar-refractivity contribution < 1.29 is 0 Å². The SMILES string of the molecule is CC(C)(C)c1ccc(N(c2ccc3c(c2)N(c2ccc(C(C)(C)C)cc2-c2ccccc2)c2cc(C(C)(C)C)cc4c2B3c2cc(C(C)(C)C)ccc2N4c2ccc(C(C)(C)C)cc2)c2ccc3c4ccccc4n(-c4ccccc4)c3c2)cc1. The highest BCUT2D eigenvalue weighted by Gasteiger charge is 2.45. The van der Waals surface area contributed by atoms with Crippen molar-refractivity contribution in [3.05, 3.63) is 246 Å². The first kappa shape index (κ1) is 55.6. The smallest absolute Gasteiger partial charge is 0.252 e. The average Bonchev–Trinajstić information content (AvgIpc) is 2.39. The Morgan fingerprint density at radius 1 is 0.306 bits per heavy atom. The van der Waals surface area contributed by atoms with Crippen molar-refractivity contribution in [3.63, 3.8) is 0 Å². The van der Waals surface area contributed by atoms with Crippen LogP contribution in [0.4, 0.5) is 51.2 Å². The first-order chi connectivity index (χ1) is 40.3. The van der Waals surface area contributed by atoms with E-state index in [1.807, 2.05) is 0 Å². The van der Waals surface area contributed by atoms with Crippen LogP contribution in [0.25, 0.3) is 38.6 Å². The van der Waals surface area contributed by atoms with Gasteiger partial charge in [-0.15, -0.1) is 0 Å². The molecule has 2 aliphatic heterocycles. The van der Waals surface area contributed by atoms with Crippen molar-refractivity contribution in [3.8, 4) is 16.8 Å². The molecule has 3 heterocycles. The Labute approximate surface area is 506 Å². The molecule has 2 aliphatic rings. The summed E-state index contributed by atoms with van der Waals surface area (Å²) in [5.41, 5.74) is 26.3. The van der Waals surface area contributed by atoms with Crippen molar-refractivity contribution in [2.24, 2.45) is 0 Å². The predicted octanol–water partition coefficient (Wildman–Crippen LogP) is 20.5. The molecule has 5 heteroatoms. The number of aromatic nitrogens is 1. The number of rotatable bonds is 7. The molecule has 13 rings (SSSR count). The molecule has 0 spiro atoms. The van der Waals surface area contributed by atoms with Gasteiger partial charge in [0.2, 0.25) is 0 Å². The molecular formula is C80H81BN4. The number of hydrogen-bond donors (Lipinski definition) is 0. The molecule has 1 aromatic heterocycles. The van der Waals surface area contributed by atoms with E-state index in [0.717, 1.165) is 39.6 Å². The molecule has 85 heavy (non-hydrogen) atoms. The molecule has 0 N–H and O–H groups in total. The molecule has 424 valence electrons. The Bertz CT molecular complexity index is 4360. The van der Waals surface area contributed by atoms with Crippen LogP contribution in [0.1, 0.15) is 132 Å². The summed E-state index contributed by atoms with van der Waals surface area (Å²) in [7, 11) is 0. The zero-order chi connectivity index (χ0) is 59.7. The van der Waals surface area contributed by atoms with Crippen molar-refractivity contribution in [2.45, 2.75) is 131 Å². The van der Waals surface area contributed by atoms with Gasteiger partial charge >= 0.3 is 0 Å². The topological polar surface area (TPSA) is 14.7 Å². The second-order valence-electron chi connectivity index (χ2n) is 29.2. The quantitative estimate of drug-likeness (QED) is 0.148. The number of para-hydroxylation sites is 2. The summed E-state index contributed by atoms with van der Waals surface area (Å²) in [5, 5.41) is 2.46. The van der Waals surface area contributed by atoms with Crippen LogP contribution < -0.4 is 31.1 Å². The van der Waals surface area contributed by atoms with Crippen molar-refractivity contribution in [2.75, 3.05) is 14.7 Å². The van der Waals surface area contributed by atoms with E-state index >= 15 is 0 Å². The molecule has 0 aliphatic carbocycles. The maximum atomic E-state index is 2.66. The van der Waals surface area contributed by atoms with Gasteiger partial charge in [-0.2, -0.15) is 0 Å². The number of hydrogen-bond acceptors (Lipinski definition) is 3. The zero-order valence-electron chi connectivity index (χ0n) is 52.7. The molecule has 0 bridgehead atoms. The van der Waals surface area contributed by atoms with Gasteiger partial charge in [0.15, 0.2) is 0 Å². The van der Waals surface area contributed by atoms with Gasteiger partial charge in [0.1, 0.15) is 0 Å². The van der Waals surface area contributed by atoms with Crippen LogP contribution in [0.15, 0.2) is 218 Å². The van der Waals surface area contributed by atoms with Crippen LogP contribution >= 0.6 is 0 Å². The van der Waals surface area contributed by atoms with Crippen LogP contribution in [-0.4, -0.2) is 11.3 Å². The van der Waals surface area contributed by atoms with Crippen LogP contribution in [0, 0.1) is 0 Å². The Morgan fingerprint density at radius 3 is 1.42 bits per heavy atom. The molecular weight excluding hydrogens is 1030 g/mol. The highest BCUT2D eigenvalue weighted by molar-refractivity contribution is 7.00. The van der Waals surface area contributed by atoms with E-state index in [-0.39, 0.29) is 33.8 Å². The summed E-state index contributed by atoms with van der Waals surface area (Å²) in [6.45, 7) is 34.9. The van der Waals surface area contributed by atoms with Crippen LogP contribution in [-0.2, 0) is 27.1 Å². The van der Waals surface area contributed by atoms with Crippen molar-refractivity contribution in [1.29, 1.82) is 0 Å². The van der Waals surface area contributed by atoms with E-state index in [0.29, 0.717) is 0 Å². The van der Waals surface area contributed by atoms with Gasteiger partial charge in [-0.25, -0.2) is 0 Å². The fourth-order valence-electron chi connectivity index (χ4n) is 13.2. The number of anilines is 9. The molecule has 11 aromatic rings. The lowest BCUT2D eigenvalue weighted by atomic mass is 9.33. The van der Waals surface area contributed by atoms with Crippen molar-refractivity contribution in [1.82, 2.24) is 4.57 Å². The molecule has 0 saturated carbocycles. The van der Waals surface area contributed by atoms with E-state index in [1.54, 1.807) is 0 Å². The van der Waals surface area contributed by atoms with Gasteiger partial charge < -0.3 is 19.3 Å². The Hall–Kier alpha value is -8.54. The van der Waals surface area contributed by atoms with Gasteiger partial charge in [-0.1, -0.05) is 225 Å². The second-order valence-corrected chi connectivity index (χ2v) is 29.2. The highest BCUT2D eigenvalue weighted by atomic mass is 15.2. The molecule has 0 radical (unpaired) electrons. The molecule has 0 amide bonds. The third-order valence-corrected chi connectivity index (χ3v) is 18.1. The molecule has 0 fully saturated rings.